The third kappa shape index (κ3) is 2.94. The Morgan fingerprint density at radius 3 is 2.85 bits per heavy atom. The molecule has 1 aliphatic rings. The zero-order chi connectivity index (χ0) is 13.8. The van der Waals surface area contributed by atoms with Crippen molar-refractivity contribution in [2.75, 3.05) is 13.6 Å². The molecule has 3 rings (SSSR count). The summed E-state index contributed by atoms with van der Waals surface area (Å²) >= 11 is 0. The summed E-state index contributed by atoms with van der Waals surface area (Å²) in [5.41, 5.74) is 2.43. The number of benzene rings is 2. The van der Waals surface area contributed by atoms with Crippen molar-refractivity contribution in [3.8, 4) is 11.5 Å². The van der Waals surface area contributed by atoms with E-state index in [2.05, 4.69) is 23.5 Å². The summed E-state index contributed by atoms with van der Waals surface area (Å²) in [5.74, 6) is 1.81. The quantitative estimate of drug-likeness (QED) is 0.905. The maximum absolute atomic E-state index is 5.90. The van der Waals surface area contributed by atoms with Gasteiger partial charge >= 0.3 is 0 Å². The first-order valence-electron chi connectivity index (χ1n) is 6.96. The van der Waals surface area contributed by atoms with E-state index in [1.807, 2.05) is 37.4 Å². The second kappa shape index (κ2) is 5.97. The molecule has 3 heteroatoms. The molecular weight excluding hydrogens is 250 g/mol. The number of nitrogens with one attached hydrogen (secondary N) is 1. The number of fused-ring (bicyclic) bond motifs is 1. The molecule has 3 nitrogen and oxygen atoms in total. The van der Waals surface area contributed by atoms with Crippen molar-refractivity contribution in [1.29, 1.82) is 0 Å². The van der Waals surface area contributed by atoms with E-state index in [1.165, 1.54) is 11.1 Å². The van der Waals surface area contributed by atoms with Crippen molar-refractivity contribution < 1.29 is 9.47 Å². The fourth-order valence-electron chi connectivity index (χ4n) is 2.45. The molecule has 0 radical (unpaired) electrons. The Labute approximate surface area is 119 Å². The van der Waals surface area contributed by atoms with Crippen LogP contribution >= 0.6 is 0 Å². The molecule has 0 amide bonds. The van der Waals surface area contributed by atoms with E-state index in [9.17, 15) is 0 Å². The van der Waals surface area contributed by atoms with Gasteiger partial charge in [0, 0.05) is 19.0 Å². The normalized spacial score (nSPS) is 16.6. The lowest BCUT2D eigenvalue weighted by atomic mass is 10.1. The van der Waals surface area contributed by atoms with Crippen molar-refractivity contribution in [1.82, 2.24) is 5.32 Å². The highest BCUT2D eigenvalue weighted by Gasteiger charge is 2.22. The molecule has 104 valence electrons. The second-order valence-corrected chi connectivity index (χ2v) is 5.05. The highest BCUT2D eigenvalue weighted by Crippen LogP contribution is 2.32. The van der Waals surface area contributed by atoms with Crippen LogP contribution in [0.2, 0.25) is 0 Å². The molecular formula is C17H19NO2. The number of likely N-dealkylation sites (N-methyl/N-ethyl adjacent to an activating group) is 1. The fourth-order valence-corrected chi connectivity index (χ4v) is 2.45. The molecule has 1 unspecified atom stereocenters. The minimum Gasteiger partial charge on any atom is -0.489 e. The van der Waals surface area contributed by atoms with E-state index in [-0.39, 0.29) is 6.10 Å². The number of ether oxygens (including phenoxy) is 2. The second-order valence-electron chi connectivity index (χ2n) is 5.05. The van der Waals surface area contributed by atoms with Crippen molar-refractivity contribution in [3.05, 3.63) is 59.7 Å². The maximum Gasteiger partial charge on any atom is 0.126 e. The van der Waals surface area contributed by atoms with E-state index < -0.39 is 0 Å². The van der Waals surface area contributed by atoms with Crippen LogP contribution in [0.3, 0.4) is 0 Å². The zero-order valence-corrected chi connectivity index (χ0v) is 11.6. The van der Waals surface area contributed by atoms with Gasteiger partial charge in [0.05, 0.1) is 0 Å². The first kappa shape index (κ1) is 13.0. The summed E-state index contributed by atoms with van der Waals surface area (Å²) in [6.45, 7) is 1.45. The minimum atomic E-state index is 0.236. The molecule has 0 aliphatic carbocycles. The van der Waals surface area contributed by atoms with Gasteiger partial charge in [-0.1, -0.05) is 36.4 Å². The topological polar surface area (TPSA) is 30.5 Å². The van der Waals surface area contributed by atoms with E-state index in [0.29, 0.717) is 6.61 Å². The van der Waals surface area contributed by atoms with Gasteiger partial charge in [-0.25, -0.2) is 0 Å². The maximum atomic E-state index is 5.90. The third-order valence-corrected chi connectivity index (χ3v) is 3.46. The van der Waals surface area contributed by atoms with E-state index >= 15 is 0 Å². The molecule has 0 fully saturated rings. The first-order chi connectivity index (χ1) is 9.85. The minimum absolute atomic E-state index is 0.236. The molecule has 2 aromatic rings. The standard InChI is InChI=1S/C17H19NO2/c1-18-11-16-9-14-7-8-15(10-17(14)20-16)19-12-13-5-3-2-4-6-13/h2-8,10,16,18H,9,11-12H2,1H3. The van der Waals surface area contributed by atoms with Gasteiger partial charge in [-0.05, 0) is 24.2 Å². The SMILES string of the molecule is CNCC1Cc2ccc(OCc3ccccc3)cc2O1. The van der Waals surface area contributed by atoms with Crippen molar-refractivity contribution in [2.45, 2.75) is 19.1 Å². The monoisotopic (exact) mass is 269 g/mol. The van der Waals surface area contributed by atoms with Crippen molar-refractivity contribution >= 4 is 0 Å². The highest BCUT2D eigenvalue weighted by molar-refractivity contribution is 5.43. The Balaban J connectivity index is 1.64. The molecule has 1 atom stereocenters. The van der Waals surface area contributed by atoms with Crippen LogP contribution in [0.5, 0.6) is 11.5 Å². The van der Waals surface area contributed by atoms with Crippen LogP contribution in [0.25, 0.3) is 0 Å². The lowest BCUT2D eigenvalue weighted by Gasteiger charge is -2.10. The lowest BCUT2D eigenvalue weighted by Crippen LogP contribution is -2.27. The predicted octanol–water partition coefficient (Wildman–Crippen LogP) is 2.79. The van der Waals surface area contributed by atoms with E-state index in [4.69, 9.17) is 9.47 Å². The van der Waals surface area contributed by atoms with Crippen LogP contribution in [0.4, 0.5) is 0 Å². The molecule has 20 heavy (non-hydrogen) atoms. The fraction of sp³-hybridized carbons (Fsp3) is 0.294. The van der Waals surface area contributed by atoms with E-state index in [1.54, 1.807) is 0 Å². The predicted molar refractivity (Wildman–Crippen MR) is 79.3 cm³/mol. The van der Waals surface area contributed by atoms with Gasteiger partial charge in [-0.15, -0.1) is 0 Å². The molecule has 0 saturated carbocycles. The third-order valence-electron chi connectivity index (χ3n) is 3.46. The highest BCUT2D eigenvalue weighted by atomic mass is 16.5. The average molecular weight is 269 g/mol. The molecule has 2 aromatic carbocycles. The summed E-state index contributed by atoms with van der Waals surface area (Å²) < 4.78 is 11.7. The molecule has 0 spiro atoms. The van der Waals surface area contributed by atoms with Crippen LogP contribution in [-0.4, -0.2) is 19.7 Å². The summed E-state index contributed by atoms with van der Waals surface area (Å²) in [6.07, 6.45) is 1.20. The van der Waals surface area contributed by atoms with Crippen LogP contribution < -0.4 is 14.8 Å². The van der Waals surface area contributed by atoms with Gasteiger partial charge in [0.1, 0.15) is 24.2 Å². The smallest absolute Gasteiger partial charge is 0.126 e. The Bertz CT molecular complexity index is 568. The molecule has 1 aliphatic heterocycles. The Morgan fingerprint density at radius 2 is 2.05 bits per heavy atom. The molecule has 0 saturated heterocycles. The van der Waals surface area contributed by atoms with Gasteiger partial charge in [0.15, 0.2) is 0 Å². The van der Waals surface area contributed by atoms with Gasteiger partial charge in [-0.2, -0.15) is 0 Å². The van der Waals surface area contributed by atoms with Gasteiger partial charge in [0.2, 0.25) is 0 Å². The number of hydrogen-bond donors (Lipinski definition) is 1. The van der Waals surface area contributed by atoms with Crippen LogP contribution in [-0.2, 0) is 13.0 Å². The van der Waals surface area contributed by atoms with Gasteiger partial charge in [0.25, 0.3) is 0 Å². The zero-order valence-electron chi connectivity index (χ0n) is 11.6. The molecule has 0 bridgehead atoms. The summed E-state index contributed by atoms with van der Waals surface area (Å²) in [7, 11) is 1.95. The Morgan fingerprint density at radius 1 is 1.20 bits per heavy atom. The van der Waals surface area contributed by atoms with Gasteiger partial charge in [-0.3, -0.25) is 0 Å². The summed E-state index contributed by atoms with van der Waals surface area (Å²) in [4.78, 5) is 0. The number of hydrogen-bond acceptors (Lipinski definition) is 3. The Hall–Kier alpha value is -2.00. The lowest BCUT2D eigenvalue weighted by molar-refractivity contribution is 0.230. The van der Waals surface area contributed by atoms with Crippen molar-refractivity contribution in [2.24, 2.45) is 0 Å². The van der Waals surface area contributed by atoms with Crippen LogP contribution in [0.1, 0.15) is 11.1 Å². The largest absolute Gasteiger partial charge is 0.489 e. The molecule has 1 N–H and O–H groups in total. The Kier molecular flexibility index (Phi) is 3.88. The first-order valence-corrected chi connectivity index (χ1v) is 6.96. The van der Waals surface area contributed by atoms with Gasteiger partial charge < -0.3 is 14.8 Å². The molecule has 0 aromatic heterocycles. The van der Waals surface area contributed by atoms with Crippen molar-refractivity contribution in [3.63, 3.8) is 0 Å². The number of rotatable bonds is 5. The van der Waals surface area contributed by atoms with Crippen LogP contribution in [0.15, 0.2) is 48.5 Å². The summed E-state index contributed by atoms with van der Waals surface area (Å²) in [5, 5.41) is 3.15. The van der Waals surface area contributed by atoms with E-state index in [0.717, 1.165) is 24.5 Å². The van der Waals surface area contributed by atoms with Crippen LogP contribution in [0, 0.1) is 0 Å². The summed E-state index contributed by atoms with van der Waals surface area (Å²) in [6, 6.07) is 16.3. The average Bonchev–Trinajstić information content (AvgIpc) is 2.88. The molecule has 1 heterocycles.